The molecule has 0 radical (unpaired) electrons. The van der Waals surface area contributed by atoms with Crippen molar-refractivity contribution in [1.29, 1.82) is 0 Å². The van der Waals surface area contributed by atoms with Crippen LogP contribution in [0.5, 0.6) is 5.75 Å². The van der Waals surface area contributed by atoms with E-state index in [4.69, 9.17) is 4.74 Å². The van der Waals surface area contributed by atoms with Gasteiger partial charge < -0.3 is 4.74 Å². The molecule has 0 aliphatic rings. The number of nitro benzene ring substituents is 2. The lowest BCUT2D eigenvalue weighted by Gasteiger charge is -2.06. The number of rotatable bonds is 9. The van der Waals surface area contributed by atoms with Crippen molar-refractivity contribution in [2.45, 2.75) is 26.7 Å². The van der Waals surface area contributed by atoms with Gasteiger partial charge in [-0.25, -0.2) is 4.98 Å². The number of hydrogen-bond donors (Lipinski definition) is 1. The molecule has 0 unspecified atom stereocenters. The number of unbranched alkanes of at least 4 members (excludes halogenated alkanes) is 1. The van der Waals surface area contributed by atoms with Crippen LogP contribution in [0, 0.1) is 27.2 Å². The maximum Gasteiger partial charge on any atom is 0.279 e. The Kier molecular flexibility index (Phi) is 7.11. The Morgan fingerprint density at radius 1 is 1.12 bits per heavy atom. The first-order chi connectivity index (χ1) is 15.3. The molecule has 0 atom stereocenters. The van der Waals surface area contributed by atoms with Crippen molar-refractivity contribution in [2.75, 3.05) is 11.9 Å². The van der Waals surface area contributed by atoms with E-state index in [1.54, 1.807) is 5.38 Å². The maximum atomic E-state index is 12.6. The molecule has 0 aliphatic carbocycles. The van der Waals surface area contributed by atoms with Gasteiger partial charge in [-0.15, -0.1) is 11.3 Å². The molecular formula is C21H20N4O6S. The minimum absolute atomic E-state index is 0.116. The standard InChI is InChI=1S/C21H20N4O6S/c1-3-4-9-31-16-7-5-14(6-8-16)17-12-32-21(22-17)23-20(26)15-10-18(24(27)28)13(2)19(11-15)25(29)30/h5-8,10-12H,3-4,9H2,1-2H3,(H,22,23,26). The number of hydrogen-bond acceptors (Lipinski definition) is 8. The number of anilines is 1. The molecule has 1 amide bonds. The summed E-state index contributed by atoms with van der Waals surface area (Å²) in [6.45, 7) is 4.01. The lowest BCUT2D eigenvalue weighted by Crippen LogP contribution is -2.13. The van der Waals surface area contributed by atoms with Gasteiger partial charge in [-0.05, 0) is 37.6 Å². The van der Waals surface area contributed by atoms with Crippen LogP contribution in [0.4, 0.5) is 16.5 Å². The molecule has 10 nitrogen and oxygen atoms in total. The largest absolute Gasteiger partial charge is 0.494 e. The van der Waals surface area contributed by atoms with E-state index in [-0.39, 0.29) is 16.3 Å². The van der Waals surface area contributed by atoms with Crippen LogP contribution in [0.3, 0.4) is 0 Å². The zero-order valence-corrected chi connectivity index (χ0v) is 18.2. The summed E-state index contributed by atoms with van der Waals surface area (Å²) in [5.74, 6) is 0.0327. The van der Waals surface area contributed by atoms with E-state index in [2.05, 4.69) is 17.2 Å². The molecule has 166 valence electrons. The van der Waals surface area contributed by atoms with Gasteiger partial charge in [-0.1, -0.05) is 13.3 Å². The Morgan fingerprint density at radius 3 is 2.31 bits per heavy atom. The average Bonchev–Trinajstić information content (AvgIpc) is 3.22. The van der Waals surface area contributed by atoms with Crippen molar-refractivity contribution in [3.05, 3.63) is 73.1 Å². The number of nitrogens with zero attached hydrogens (tertiary/aromatic N) is 3. The smallest absolute Gasteiger partial charge is 0.279 e. The summed E-state index contributed by atoms with van der Waals surface area (Å²) in [4.78, 5) is 37.9. The molecule has 0 fully saturated rings. The molecule has 3 aromatic rings. The van der Waals surface area contributed by atoms with Crippen molar-refractivity contribution in [3.8, 4) is 17.0 Å². The second kappa shape index (κ2) is 9.96. The van der Waals surface area contributed by atoms with Crippen LogP contribution in [0.15, 0.2) is 41.8 Å². The number of carbonyl (C=O) groups is 1. The lowest BCUT2D eigenvalue weighted by atomic mass is 10.1. The zero-order chi connectivity index (χ0) is 23.3. The van der Waals surface area contributed by atoms with Crippen LogP contribution in [-0.2, 0) is 0 Å². The van der Waals surface area contributed by atoms with Crippen LogP contribution >= 0.6 is 11.3 Å². The molecular weight excluding hydrogens is 436 g/mol. The number of benzene rings is 2. The Hall–Kier alpha value is -3.86. The monoisotopic (exact) mass is 456 g/mol. The SMILES string of the molecule is CCCCOc1ccc(-c2csc(NC(=O)c3cc([N+](=O)[O-])c(C)c([N+](=O)[O-])c3)n2)cc1. The number of nitrogens with one attached hydrogen (secondary N) is 1. The van der Waals surface area contributed by atoms with Crippen LogP contribution in [-0.4, -0.2) is 27.3 Å². The van der Waals surface area contributed by atoms with E-state index in [1.807, 2.05) is 24.3 Å². The van der Waals surface area contributed by atoms with E-state index in [0.717, 1.165) is 36.3 Å². The molecule has 11 heteroatoms. The Bertz CT molecular complexity index is 1120. The van der Waals surface area contributed by atoms with Gasteiger partial charge >= 0.3 is 0 Å². The average molecular weight is 456 g/mol. The highest BCUT2D eigenvalue weighted by Gasteiger charge is 2.25. The first-order valence-corrected chi connectivity index (χ1v) is 10.6. The maximum absolute atomic E-state index is 12.6. The number of nitro groups is 2. The molecule has 0 saturated carbocycles. The van der Waals surface area contributed by atoms with Gasteiger partial charge in [-0.2, -0.15) is 0 Å². The van der Waals surface area contributed by atoms with Crippen LogP contribution in [0.25, 0.3) is 11.3 Å². The summed E-state index contributed by atoms with van der Waals surface area (Å²) < 4.78 is 5.63. The predicted octanol–water partition coefficient (Wildman–Crippen LogP) is 5.37. The fraction of sp³-hybridized carbons (Fsp3) is 0.238. The molecule has 2 aromatic carbocycles. The summed E-state index contributed by atoms with van der Waals surface area (Å²) in [7, 11) is 0. The molecule has 0 saturated heterocycles. The van der Waals surface area contributed by atoms with E-state index >= 15 is 0 Å². The lowest BCUT2D eigenvalue weighted by molar-refractivity contribution is -0.395. The topological polar surface area (TPSA) is 138 Å². The summed E-state index contributed by atoms with van der Waals surface area (Å²) in [6.07, 6.45) is 2.03. The molecule has 0 spiro atoms. The molecule has 0 bridgehead atoms. The van der Waals surface area contributed by atoms with Crippen LogP contribution in [0.2, 0.25) is 0 Å². The molecule has 0 aliphatic heterocycles. The quantitative estimate of drug-likeness (QED) is 0.260. The van der Waals surface area contributed by atoms with E-state index in [1.165, 1.54) is 18.3 Å². The molecule has 3 rings (SSSR count). The predicted molar refractivity (Wildman–Crippen MR) is 120 cm³/mol. The van der Waals surface area contributed by atoms with Crippen molar-refractivity contribution in [3.63, 3.8) is 0 Å². The van der Waals surface area contributed by atoms with Gasteiger partial charge in [-0.3, -0.25) is 30.3 Å². The van der Waals surface area contributed by atoms with Crippen molar-refractivity contribution in [1.82, 2.24) is 4.98 Å². The van der Waals surface area contributed by atoms with Gasteiger partial charge in [0, 0.05) is 23.1 Å². The van der Waals surface area contributed by atoms with Crippen LogP contribution < -0.4 is 10.1 Å². The molecule has 1 aromatic heterocycles. The fourth-order valence-electron chi connectivity index (χ4n) is 2.88. The van der Waals surface area contributed by atoms with Gasteiger partial charge in [0.05, 0.1) is 27.7 Å². The van der Waals surface area contributed by atoms with Gasteiger partial charge in [0.15, 0.2) is 5.13 Å². The zero-order valence-electron chi connectivity index (χ0n) is 17.4. The number of ether oxygens (including phenoxy) is 1. The summed E-state index contributed by atoms with van der Waals surface area (Å²) in [5, 5.41) is 27.0. The highest BCUT2D eigenvalue weighted by Crippen LogP contribution is 2.31. The number of aromatic nitrogens is 1. The molecule has 1 N–H and O–H groups in total. The Labute approximate surface area is 187 Å². The van der Waals surface area contributed by atoms with Crippen molar-refractivity contribution >= 4 is 33.8 Å². The third-order valence-electron chi connectivity index (χ3n) is 4.65. The summed E-state index contributed by atoms with van der Waals surface area (Å²) >= 11 is 1.17. The highest BCUT2D eigenvalue weighted by atomic mass is 32.1. The number of amides is 1. The second-order valence-electron chi connectivity index (χ2n) is 6.87. The second-order valence-corrected chi connectivity index (χ2v) is 7.73. The third-order valence-corrected chi connectivity index (χ3v) is 5.41. The Morgan fingerprint density at radius 2 is 1.75 bits per heavy atom. The molecule has 1 heterocycles. The van der Waals surface area contributed by atoms with Crippen molar-refractivity contribution < 1.29 is 19.4 Å². The van der Waals surface area contributed by atoms with E-state index in [9.17, 15) is 25.0 Å². The first kappa shape index (κ1) is 22.8. The summed E-state index contributed by atoms with van der Waals surface area (Å²) in [6, 6.07) is 9.43. The first-order valence-electron chi connectivity index (χ1n) is 9.73. The minimum Gasteiger partial charge on any atom is -0.494 e. The van der Waals surface area contributed by atoms with E-state index < -0.39 is 27.1 Å². The number of carbonyl (C=O) groups excluding carboxylic acids is 1. The van der Waals surface area contributed by atoms with Gasteiger partial charge in [0.1, 0.15) is 11.3 Å². The fourth-order valence-corrected chi connectivity index (χ4v) is 3.60. The van der Waals surface area contributed by atoms with Crippen molar-refractivity contribution in [2.24, 2.45) is 0 Å². The van der Waals surface area contributed by atoms with E-state index in [0.29, 0.717) is 12.3 Å². The minimum atomic E-state index is -0.754. The summed E-state index contributed by atoms with van der Waals surface area (Å²) in [5.41, 5.74) is 0.155. The molecule has 32 heavy (non-hydrogen) atoms. The van der Waals surface area contributed by atoms with Gasteiger partial charge in [0.2, 0.25) is 0 Å². The number of thiazole rings is 1. The third kappa shape index (κ3) is 5.24. The Balaban J connectivity index is 1.76. The van der Waals surface area contributed by atoms with Gasteiger partial charge in [0.25, 0.3) is 17.3 Å². The normalized spacial score (nSPS) is 10.6. The highest BCUT2D eigenvalue weighted by molar-refractivity contribution is 7.14. The van der Waals surface area contributed by atoms with Crippen LogP contribution in [0.1, 0.15) is 35.7 Å².